The molecule has 0 aliphatic rings. The van der Waals surface area contributed by atoms with Crippen LogP contribution in [-0.2, 0) is 10.0 Å². The smallest absolute Gasteiger partial charge is 0.273 e. The van der Waals surface area contributed by atoms with Crippen molar-refractivity contribution in [3.8, 4) is 0 Å². The Morgan fingerprint density at radius 2 is 1.90 bits per heavy atom. The number of nitrogens with one attached hydrogen (secondary N) is 1. The van der Waals surface area contributed by atoms with Crippen LogP contribution in [0.1, 0.15) is 25.0 Å². The lowest BCUT2D eigenvalue weighted by atomic mass is 10.1. The largest absolute Gasteiger partial charge is 0.329 e. The molecule has 112 valence electrons. The van der Waals surface area contributed by atoms with Gasteiger partial charge in [0.05, 0.1) is 9.82 Å². The molecule has 0 unspecified atom stereocenters. The Bertz CT molecular complexity index is 638. The van der Waals surface area contributed by atoms with Crippen molar-refractivity contribution < 1.29 is 13.3 Å². The zero-order valence-electron chi connectivity index (χ0n) is 11.9. The first kappa shape index (κ1) is 16.5. The Balaban J connectivity index is 3.37. The minimum absolute atomic E-state index is 0.110. The molecule has 1 rings (SSSR count). The third-order valence-electron chi connectivity index (χ3n) is 3.04. The van der Waals surface area contributed by atoms with Crippen LogP contribution in [0.2, 0.25) is 0 Å². The number of nitrogens with zero attached hydrogens (tertiary/aromatic N) is 1. The Morgan fingerprint density at radius 1 is 1.35 bits per heavy atom. The molecule has 0 bridgehead atoms. The van der Waals surface area contributed by atoms with E-state index >= 15 is 0 Å². The van der Waals surface area contributed by atoms with E-state index in [0.29, 0.717) is 11.1 Å². The highest BCUT2D eigenvalue weighted by atomic mass is 32.2. The van der Waals surface area contributed by atoms with Crippen molar-refractivity contribution in [2.24, 2.45) is 5.73 Å². The fourth-order valence-corrected chi connectivity index (χ4v) is 3.14. The van der Waals surface area contributed by atoms with E-state index in [2.05, 4.69) is 4.72 Å². The summed E-state index contributed by atoms with van der Waals surface area (Å²) in [5.41, 5.74) is 5.45. The summed E-state index contributed by atoms with van der Waals surface area (Å²) in [6.07, 6.45) is 0. The highest BCUT2D eigenvalue weighted by Crippen LogP contribution is 2.26. The molecule has 0 atom stereocenters. The van der Waals surface area contributed by atoms with Gasteiger partial charge in [0.2, 0.25) is 10.0 Å². The monoisotopic (exact) mass is 301 g/mol. The van der Waals surface area contributed by atoms with Crippen LogP contribution in [0.25, 0.3) is 0 Å². The van der Waals surface area contributed by atoms with Crippen LogP contribution in [0.15, 0.2) is 17.0 Å². The topological polar surface area (TPSA) is 115 Å². The number of nitro benzene ring substituents is 1. The average Bonchev–Trinajstić information content (AvgIpc) is 2.30. The van der Waals surface area contributed by atoms with Crippen LogP contribution in [0, 0.1) is 24.0 Å². The summed E-state index contributed by atoms with van der Waals surface area (Å²) in [5.74, 6) is 0. The molecule has 0 aliphatic heterocycles. The number of benzene rings is 1. The number of nitro groups is 1. The SMILES string of the molecule is Cc1cc(S(=O)(=O)NC(C)(C)CN)cc([N+](=O)[O-])c1C. The Hall–Kier alpha value is -1.51. The van der Waals surface area contributed by atoms with Crippen LogP contribution in [0.3, 0.4) is 0 Å². The highest BCUT2D eigenvalue weighted by Gasteiger charge is 2.27. The van der Waals surface area contributed by atoms with E-state index in [1.54, 1.807) is 27.7 Å². The second-order valence-corrected chi connectivity index (χ2v) is 7.02. The minimum atomic E-state index is -3.86. The van der Waals surface area contributed by atoms with Crippen molar-refractivity contribution in [2.45, 2.75) is 38.1 Å². The fourth-order valence-electron chi connectivity index (χ4n) is 1.62. The zero-order valence-corrected chi connectivity index (χ0v) is 12.7. The summed E-state index contributed by atoms with van der Waals surface area (Å²) < 4.78 is 26.9. The van der Waals surface area contributed by atoms with E-state index in [1.165, 1.54) is 6.07 Å². The van der Waals surface area contributed by atoms with Gasteiger partial charge < -0.3 is 5.73 Å². The van der Waals surface area contributed by atoms with Crippen LogP contribution < -0.4 is 10.5 Å². The van der Waals surface area contributed by atoms with Crippen molar-refractivity contribution in [3.05, 3.63) is 33.4 Å². The molecule has 8 heteroatoms. The first-order valence-electron chi connectivity index (χ1n) is 6.00. The number of nitrogens with two attached hydrogens (primary N) is 1. The van der Waals surface area contributed by atoms with Gasteiger partial charge in [-0.3, -0.25) is 10.1 Å². The first-order valence-corrected chi connectivity index (χ1v) is 7.48. The van der Waals surface area contributed by atoms with Crippen LogP contribution in [0.5, 0.6) is 0 Å². The molecule has 1 aromatic rings. The highest BCUT2D eigenvalue weighted by molar-refractivity contribution is 7.89. The molecule has 0 aromatic heterocycles. The molecule has 1 aromatic carbocycles. The molecule has 3 N–H and O–H groups in total. The van der Waals surface area contributed by atoms with E-state index in [0.717, 1.165) is 6.07 Å². The fraction of sp³-hybridized carbons (Fsp3) is 0.500. The normalized spacial score (nSPS) is 12.4. The Labute approximate surface area is 118 Å². The summed E-state index contributed by atoms with van der Waals surface area (Å²) in [7, 11) is -3.86. The molecule has 0 spiro atoms. The maximum atomic E-state index is 12.3. The average molecular weight is 301 g/mol. The van der Waals surface area contributed by atoms with Crippen molar-refractivity contribution in [2.75, 3.05) is 6.54 Å². The van der Waals surface area contributed by atoms with Crippen LogP contribution in [0.4, 0.5) is 5.69 Å². The third-order valence-corrected chi connectivity index (χ3v) is 4.72. The van der Waals surface area contributed by atoms with Gasteiger partial charge in [-0.05, 0) is 39.3 Å². The Kier molecular flexibility index (Phi) is 4.52. The lowest BCUT2D eigenvalue weighted by Gasteiger charge is -2.24. The molecule has 0 radical (unpaired) electrons. The molecule has 20 heavy (non-hydrogen) atoms. The van der Waals surface area contributed by atoms with Crippen LogP contribution >= 0.6 is 0 Å². The number of hydrogen-bond donors (Lipinski definition) is 2. The summed E-state index contributed by atoms with van der Waals surface area (Å²) >= 11 is 0. The maximum Gasteiger partial charge on any atom is 0.273 e. The number of sulfonamides is 1. The predicted molar refractivity (Wildman–Crippen MR) is 76.0 cm³/mol. The van der Waals surface area contributed by atoms with Crippen LogP contribution in [-0.4, -0.2) is 25.4 Å². The van der Waals surface area contributed by atoms with Gasteiger partial charge in [0, 0.05) is 23.7 Å². The Morgan fingerprint density at radius 3 is 2.35 bits per heavy atom. The predicted octanol–water partition coefficient (Wildman–Crippen LogP) is 1.23. The molecule has 0 heterocycles. The summed E-state index contributed by atoms with van der Waals surface area (Å²) in [6, 6.07) is 2.48. The molecule has 0 saturated heterocycles. The van der Waals surface area contributed by atoms with Crippen molar-refractivity contribution in [1.29, 1.82) is 0 Å². The molecule has 0 fully saturated rings. The van der Waals surface area contributed by atoms with E-state index in [4.69, 9.17) is 5.73 Å². The lowest BCUT2D eigenvalue weighted by molar-refractivity contribution is -0.385. The second-order valence-electron chi connectivity index (χ2n) is 5.33. The molecule has 7 nitrogen and oxygen atoms in total. The summed E-state index contributed by atoms with van der Waals surface area (Å²) in [6.45, 7) is 6.61. The molecular formula is C12H19N3O4S. The van der Waals surface area contributed by atoms with Gasteiger partial charge in [0.1, 0.15) is 0 Å². The molecule has 0 aliphatic carbocycles. The standard InChI is InChI=1S/C12H19N3O4S/c1-8-5-10(6-11(9(8)2)15(16)17)20(18,19)14-12(3,4)7-13/h5-6,14H,7,13H2,1-4H3. The second kappa shape index (κ2) is 5.47. The van der Waals surface area contributed by atoms with Crippen molar-refractivity contribution in [3.63, 3.8) is 0 Å². The van der Waals surface area contributed by atoms with Gasteiger partial charge in [0.25, 0.3) is 5.69 Å². The van der Waals surface area contributed by atoms with E-state index in [-0.39, 0.29) is 17.1 Å². The summed E-state index contributed by atoms with van der Waals surface area (Å²) in [4.78, 5) is 10.2. The van der Waals surface area contributed by atoms with E-state index in [9.17, 15) is 18.5 Å². The van der Waals surface area contributed by atoms with Gasteiger partial charge in [-0.15, -0.1) is 0 Å². The lowest BCUT2D eigenvalue weighted by Crippen LogP contribution is -2.48. The van der Waals surface area contributed by atoms with Gasteiger partial charge >= 0.3 is 0 Å². The van der Waals surface area contributed by atoms with Crippen molar-refractivity contribution in [1.82, 2.24) is 4.72 Å². The van der Waals surface area contributed by atoms with Gasteiger partial charge in [0.15, 0.2) is 0 Å². The minimum Gasteiger partial charge on any atom is -0.329 e. The van der Waals surface area contributed by atoms with Gasteiger partial charge in [-0.2, -0.15) is 0 Å². The first-order chi connectivity index (χ1) is 9.00. The van der Waals surface area contributed by atoms with E-state index in [1.807, 2.05) is 0 Å². The van der Waals surface area contributed by atoms with E-state index < -0.39 is 20.5 Å². The number of rotatable bonds is 5. The van der Waals surface area contributed by atoms with Crippen molar-refractivity contribution >= 4 is 15.7 Å². The molecular weight excluding hydrogens is 282 g/mol. The molecule has 0 amide bonds. The van der Waals surface area contributed by atoms with Gasteiger partial charge in [-0.25, -0.2) is 13.1 Å². The molecule has 0 saturated carbocycles. The number of aryl methyl sites for hydroxylation is 1. The quantitative estimate of drug-likeness (QED) is 0.627. The maximum absolute atomic E-state index is 12.3. The zero-order chi connectivity index (χ0) is 15.7. The third kappa shape index (κ3) is 3.53. The summed E-state index contributed by atoms with van der Waals surface area (Å²) in [5, 5.41) is 11.0. The van der Waals surface area contributed by atoms with Gasteiger partial charge in [-0.1, -0.05) is 0 Å². The number of hydrogen-bond acceptors (Lipinski definition) is 5.